The van der Waals surface area contributed by atoms with E-state index in [9.17, 15) is 19.2 Å². The van der Waals surface area contributed by atoms with E-state index in [2.05, 4.69) is 5.32 Å². The summed E-state index contributed by atoms with van der Waals surface area (Å²) in [5.74, 6) is -0.795. The van der Waals surface area contributed by atoms with E-state index in [-0.39, 0.29) is 35.1 Å². The summed E-state index contributed by atoms with van der Waals surface area (Å²) in [7, 11) is 0. The van der Waals surface area contributed by atoms with E-state index in [4.69, 9.17) is 14.2 Å². The van der Waals surface area contributed by atoms with E-state index in [1.807, 2.05) is 0 Å². The Morgan fingerprint density at radius 2 is 1.60 bits per heavy atom. The minimum atomic E-state index is -0.708. The number of amides is 3. The zero-order chi connectivity index (χ0) is 24.4. The van der Waals surface area contributed by atoms with Crippen LogP contribution in [0.5, 0.6) is 11.5 Å². The summed E-state index contributed by atoms with van der Waals surface area (Å²) in [5, 5.41) is 2.78. The molecule has 3 amide bonds. The molecule has 0 saturated carbocycles. The van der Waals surface area contributed by atoms with Gasteiger partial charge in [0, 0.05) is 16.6 Å². The molecule has 2 aliphatic rings. The second-order valence-electron chi connectivity index (χ2n) is 7.55. The van der Waals surface area contributed by atoms with Crippen LogP contribution in [0.15, 0.2) is 71.6 Å². The summed E-state index contributed by atoms with van der Waals surface area (Å²) < 4.78 is 15.8. The van der Waals surface area contributed by atoms with Crippen molar-refractivity contribution in [2.45, 2.75) is 4.90 Å². The molecule has 0 aliphatic carbocycles. The van der Waals surface area contributed by atoms with Gasteiger partial charge >= 0.3 is 5.97 Å². The number of ether oxygens (including phenoxy) is 3. The summed E-state index contributed by atoms with van der Waals surface area (Å²) in [5.41, 5.74) is 1.34. The maximum atomic E-state index is 12.7. The normalized spacial score (nSPS) is 13.5. The van der Waals surface area contributed by atoms with Crippen LogP contribution in [-0.2, 0) is 9.53 Å². The van der Waals surface area contributed by atoms with Crippen LogP contribution in [0.2, 0.25) is 0 Å². The number of anilines is 1. The first-order valence-corrected chi connectivity index (χ1v) is 11.5. The average molecular weight is 490 g/mol. The fourth-order valence-electron chi connectivity index (χ4n) is 3.63. The number of nitrogens with zero attached hydrogens (tertiary/aromatic N) is 1. The maximum Gasteiger partial charge on any atom is 0.341 e. The molecule has 0 spiro atoms. The van der Waals surface area contributed by atoms with Crippen LogP contribution >= 0.6 is 11.8 Å². The molecule has 5 rings (SSSR count). The van der Waals surface area contributed by atoms with Gasteiger partial charge in [-0.15, -0.1) is 11.8 Å². The second kappa shape index (κ2) is 9.51. The highest BCUT2D eigenvalue weighted by molar-refractivity contribution is 8.00. The fraction of sp³-hybridized carbons (Fsp3) is 0.120. The lowest BCUT2D eigenvalue weighted by atomic mass is 10.1. The summed E-state index contributed by atoms with van der Waals surface area (Å²) in [6.07, 6.45) is 0. The summed E-state index contributed by atoms with van der Waals surface area (Å²) in [6.45, 7) is -0.364. The predicted molar refractivity (Wildman–Crippen MR) is 126 cm³/mol. The smallest absolute Gasteiger partial charge is 0.341 e. The molecule has 176 valence electrons. The molecular formula is C25H18N2O7S. The van der Waals surface area contributed by atoms with Crippen molar-refractivity contribution in [3.8, 4) is 11.5 Å². The van der Waals surface area contributed by atoms with Crippen molar-refractivity contribution >= 4 is 41.1 Å². The Morgan fingerprint density at radius 3 is 2.37 bits per heavy atom. The highest BCUT2D eigenvalue weighted by Crippen LogP contribution is 2.34. The SMILES string of the molecule is O=C(CSc1ccccc1C(=O)OCN1C(=O)c2ccccc2C1=O)Nc1ccc2c(c1)OCO2. The molecule has 0 atom stereocenters. The predicted octanol–water partition coefficient (Wildman–Crippen LogP) is 3.56. The molecule has 0 bridgehead atoms. The van der Waals surface area contributed by atoms with Gasteiger partial charge in [-0.2, -0.15) is 0 Å². The average Bonchev–Trinajstić information content (AvgIpc) is 3.44. The van der Waals surface area contributed by atoms with E-state index >= 15 is 0 Å². The fourth-order valence-corrected chi connectivity index (χ4v) is 4.47. The van der Waals surface area contributed by atoms with E-state index in [1.165, 1.54) is 0 Å². The van der Waals surface area contributed by atoms with Crippen LogP contribution < -0.4 is 14.8 Å². The van der Waals surface area contributed by atoms with Crippen LogP contribution in [0.4, 0.5) is 5.69 Å². The Bertz CT molecular complexity index is 1320. The third kappa shape index (κ3) is 4.56. The van der Waals surface area contributed by atoms with Crippen LogP contribution in [0.3, 0.4) is 0 Å². The minimum absolute atomic E-state index is 0.0388. The minimum Gasteiger partial charge on any atom is -0.454 e. The third-order valence-electron chi connectivity index (χ3n) is 5.32. The molecule has 9 nitrogen and oxygen atoms in total. The second-order valence-corrected chi connectivity index (χ2v) is 8.56. The highest BCUT2D eigenvalue weighted by atomic mass is 32.2. The van der Waals surface area contributed by atoms with Gasteiger partial charge in [0.15, 0.2) is 18.2 Å². The molecule has 0 unspecified atom stereocenters. The van der Waals surface area contributed by atoms with Crippen molar-refractivity contribution in [1.82, 2.24) is 4.90 Å². The summed E-state index contributed by atoms with van der Waals surface area (Å²) in [6, 6.07) is 18.2. The number of hydrogen-bond donors (Lipinski definition) is 1. The van der Waals surface area contributed by atoms with Gasteiger partial charge in [-0.05, 0) is 36.4 Å². The third-order valence-corrected chi connectivity index (χ3v) is 6.40. The lowest BCUT2D eigenvalue weighted by molar-refractivity contribution is -0.113. The van der Waals surface area contributed by atoms with Gasteiger partial charge in [-0.3, -0.25) is 14.4 Å². The molecular weight excluding hydrogens is 472 g/mol. The molecule has 10 heteroatoms. The van der Waals surface area contributed by atoms with Gasteiger partial charge in [0.1, 0.15) is 0 Å². The Kier molecular flexibility index (Phi) is 6.11. The zero-order valence-electron chi connectivity index (χ0n) is 18.2. The van der Waals surface area contributed by atoms with Gasteiger partial charge in [-0.1, -0.05) is 24.3 Å². The van der Waals surface area contributed by atoms with Crippen LogP contribution in [0, 0.1) is 0 Å². The standard InChI is InChI=1S/C25H18N2O7S/c28-22(26-15-9-10-19-20(11-15)34-14-33-19)12-35-21-8-4-3-7-18(21)25(31)32-13-27-23(29)16-5-1-2-6-17(16)24(27)30/h1-11H,12-14H2,(H,26,28). The van der Waals surface area contributed by atoms with Crippen LogP contribution in [0.25, 0.3) is 0 Å². The lowest BCUT2D eigenvalue weighted by Gasteiger charge is -2.15. The Hall–Kier alpha value is -4.31. The van der Waals surface area contributed by atoms with E-state index in [1.54, 1.807) is 66.7 Å². The first-order valence-electron chi connectivity index (χ1n) is 10.5. The van der Waals surface area contributed by atoms with Crippen LogP contribution in [-0.4, -0.2) is 47.9 Å². The van der Waals surface area contributed by atoms with Crippen molar-refractivity contribution in [2.24, 2.45) is 0 Å². The number of hydrogen-bond acceptors (Lipinski definition) is 8. The van der Waals surface area contributed by atoms with Crippen molar-refractivity contribution in [1.29, 1.82) is 0 Å². The number of fused-ring (bicyclic) bond motifs is 2. The molecule has 3 aromatic carbocycles. The van der Waals surface area contributed by atoms with Gasteiger partial charge in [0.25, 0.3) is 11.8 Å². The monoisotopic (exact) mass is 490 g/mol. The van der Waals surface area contributed by atoms with Crippen molar-refractivity contribution in [3.05, 3.63) is 83.4 Å². The van der Waals surface area contributed by atoms with Gasteiger partial charge in [-0.25, -0.2) is 9.69 Å². The Morgan fingerprint density at radius 1 is 0.914 bits per heavy atom. The zero-order valence-corrected chi connectivity index (χ0v) is 19.0. The molecule has 0 aromatic heterocycles. The number of carbonyl (C=O) groups is 4. The first kappa shape index (κ1) is 22.5. The van der Waals surface area contributed by atoms with Crippen molar-refractivity contribution < 1.29 is 33.4 Å². The first-order chi connectivity index (χ1) is 17.0. The molecule has 1 N–H and O–H groups in total. The molecule has 0 fully saturated rings. The van der Waals surface area contributed by atoms with Gasteiger partial charge in [0.2, 0.25) is 12.7 Å². The van der Waals surface area contributed by atoms with Crippen molar-refractivity contribution in [3.63, 3.8) is 0 Å². The quantitative estimate of drug-likeness (QED) is 0.304. The summed E-state index contributed by atoms with van der Waals surface area (Å²) in [4.78, 5) is 51.5. The van der Waals surface area contributed by atoms with E-state index in [0.29, 0.717) is 22.1 Å². The van der Waals surface area contributed by atoms with Gasteiger partial charge < -0.3 is 19.5 Å². The number of thioether (sulfide) groups is 1. The Labute approximate surface area is 204 Å². The van der Waals surface area contributed by atoms with Crippen molar-refractivity contribution in [2.75, 3.05) is 24.6 Å². The number of imide groups is 1. The van der Waals surface area contributed by atoms with Crippen LogP contribution in [0.1, 0.15) is 31.1 Å². The van der Waals surface area contributed by atoms with E-state index < -0.39 is 24.5 Å². The molecule has 2 heterocycles. The number of esters is 1. The Balaban J connectivity index is 1.19. The molecule has 0 radical (unpaired) electrons. The maximum absolute atomic E-state index is 12.7. The summed E-state index contributed by atoms with van der Waals surface area (Å²) >= 11 is 1.16. The molecule has 0 saturated heterocycles. The number of rotatable bonds is 7. The number of carbonyl (C=O) groups excluding carboxylic acids is 4. The number of benzene rings is 3. The topological polar surface area (TPSA) is 111 Å². The highest BCUT2D eigenvalue weighted by Gasteiger charge is 2.36. The molecule has 35 heavy (non-hydrogen) atoms. The van der Waals surface area contributed by atoms with E-state index in [0.717, 1.165) is 16.7 Å². The number of nitrogens with one attached hydrogen (secondary N) is 1. The lowest BCUT2D eigenvalue weighted by Crippen LogP contribution is -2.33. The van der Waals surface area contributed by atoms with Gasteiger partial charge in [0.05, 0.1) is 22.4 Å². The largest absolute Gasteiger partial charge is 0.454 e. The molecule has 2 aliphatic heterocycles. The molecule has 3 aromatic rings.